The minimum atomic E-state index is -0.993. The van der Waals surface area contributed by atoms with Crippen molar-refractivity contribution >= 4 is 17.5 Å². The third-order valence-electron chi connectivity index (χ3n) is 6.60. The highest BCUT2D eigenvalue weighted by molar-refractivity contribution is 5.97. The number of carbonyl (C=O) groups is 3. The SMILES string of the molecule is CCCc1c(OCCCOc2ccc3c(c2CCC)OC(C(=O)CCC(=O)O)CC3)ccc(C(C)=O)c1O. The van der Waals surface area contributed by atoms with Gasteiger partial charge in [-0.2, -0.15) is 0 Å². The molecule has 8 heteroatoms. The van der Waals surface area contributed by atoms with E-state index in [4.69, 9.17) is 19.3 Å². The third-order valence-corrected chi connectivity index (χ3v) is 6.60. The normalized spacial score (nSPS) is 14.3. The zero-order chi connectivity index (χ0) is 27.7. The molecule has 38 heavy (non-hydrogen) atoms. The molecule has 1 atom stereocenters. The van der Waals surface area contributed by atoms with Gasteiger partial charge in [-0.3, -0.25) is 14.4 Å². The molecule has 0 fully saturated rings. The van der Waals surface area contributed by atoms with E-state index in [1.165, 1.54) is 6.92 Å². The molecule has 8 nitrogen and oxygen atoms in total. The molecule has 206 valence electrons. The molecule has 0 aromatic heterocycles. The van der Waals surface area contributed by atoms with Gasteiger partial charge in [0, 0.05) is 24.0 Å². The number of rotatable bonds is 15. The number of hydrogen-bond donors (Lipinski definition) is 2. The molecule has 2 aromatic rings. The first-order chi connectivity index (χ1) is 18.3. The van der Waals surface area contributed by atoms with Crippen LogP contribution in [0.15, 0.2) is 24.3 Å². The summed E-state index contributed by atoms with van der Waals surface area (Å²) in [7, 11) is 0. The number of Topliss-reactive ketones (excluding diaryl/α,β-unsaturated/α-hetero) is 2. The van der Waals surface area contributed by atoms with Gasteiger partial charge in [-0.05, 0) is 56.4 Å². The lowest BCUT2D eigenvalue weighted by atomic mass is 9.94. The number of carboxylic acid groups (broad SMARTS) is 1. The molecule has 1 aliphatic rings. The lowest BCUT2D eigenvalue weighted by molar-refractivity contribution is -0.139. The number of aliphatic carboxylic acids is 1. The zero-order valence-electron chi connectivity index (χ0n) is 22.5. The van der Waals surface area contributed by atoms with Crippen molar-refractivity contribution in [1.82, 2.24) is 0 Å². The maximum absolute atomic E-state index is 12.5. The fourth-order valence-corrected chi connectivity index (χ4v) is 4.68. The van der Waals surface area contributed by atoms with Gasteiger partial charge in [-0.1, -0.05) is 32.8 Å². The second kappa shape index (κ2) is 13.8. The van der Waals surface area contributed by atoms with Crippen LogP contribution < -0.4 is 14.2 Å². The van der Waals surface area contributed by atoms with E-state index in [0.717, 1.165) is 30.4 Å². The van der Waals surface area contributed by atoms with Gasteiger partial charge in [0.25, 0.3) is 0 Å². The van der Waals surface area contributed by atoms with Crippen LogP contribution in [-0.2, 0) is 28.9 Å². The van der Waals surface area contributed by atoms with Crippen LogP contribution in [0.3, 0.4) is 0 Å². The van der Waals surface area contributed by atoms with Crippen molar-refractivity contribution < 1.29 is 38.8 Å². The second-order valence-corrected chi connectivity index (χ2v) is 9.58. The molecule has 0 saturated carbocycles. The highest BCUT2D eigenvalue weighted by Crippen LogP contribution is 2.38. The number of ketones is 2. The van der Waals surface area contributed by atoms with Gasteiger partial charge in [0.15, 0.2) is 17.7 Å². The summed E-state index contributed by atoms with van der Waals surface area (Å²) in [4.78, 5) is 35.1. The molecule has 0 aliphatic carbocycles. The van der Waals surface area contributed by atoms with Crippen LogP contribution >= 0.6 is 0 Å². The number of phenolic OH excluding ortho intramolecular Hbond substituents is 1. The molecule has 0 saturated heterocycles. The van der Waals surface area contributed by atoms with E-state index in [1.54, 1.807) is 12.1 Å². The van der Waals surface area contributed by atoms with E-state index in [2.05, 4.69) is 6.92 Å². The van der Waals surface area contributed by atoms with Crippen molar-refractivity contribution in [2.75, 3.05) is 13.2 Å². The largest absolute Gasteiger partial charge is 0.507 e. The summed E-state index contributed by atoms with van der Waals surface area (Å²) in [6, 6.07) is 7.23. The van der Waals surface area contributed by atoms with Gasteiger partial charge in [-0.25, -0.2) is 0 Å². The highest BCUT2D eigenvalue weighted by atomic mass is 16.5. The summed E-state index contributed by atoms with van der Waals surface area (Å²) in [5.74, 6) is 0.590. The van der Waals surface area contributed by atoms with Gasteiger partial charge < -0.3 is 24.4 Å². The first-order valence-corrected chi connectivity index (χ1v) is 13.4. The van der Waals surface area contributed by atoms with Crippen molar-refractivity contribution in [3.05, 3.63) is 46.5 Å². The van der Waals surface area contributed by atoms with Gasteiger partial charge in [-0.15, -0.1) is 0 Å². The Bertz CT molecular complexity index is 1150. The molecule has 0 radical (unpaired) electrons. The number of fused-ring (bicyclic) bond motifs is 1. The van der Waals surface area contributed by atoms with Crippen molar-refractivity contribution in [3.63, 3.8) is 0 Å². The van der Waals surface area contributed by atoms with Crippen LogP contribution in [-0.4, -0.2) is 47.1 Å². The molecule has 0 spiro atoms. The Morgan fingerprint density at radius 1 is 0.947 bits per heavy atom. The Morgan fingerprint density at radius 2 is 1.58 bits per heavy atom. The number of phenols is 1. The monoisotopic (exact) mass is 526 g/mol. The summed E-state index contributed by atoms with van der Waals surface area (Å²) >= 11 is 0. The molecule has 0 bridgehead atoms. The first-order valence-electron chi connectivity index (χ1n) is 13.4. The Morgan fingerprint density at radius 3 is 2.21 bits per heavy atom. The van der Waals surface area contributed by atoms with E-state index >= 15 is 0 Å². The van der Waals surface area contributed by atoms with Crippen molar-refractivity contribution in [2.45, 2.75) is 84.7 Å². The van der Waals surface area contributed by atoms with E-state index in [9.17, 15) is 19.5 Å². The van der Waals surface area contributed by atoms with Crippen LogP contribution in [0.2, 0.25) is 0 Å². The second-order valence-electron chi connectivity index (χ2n) is 9.58. The topological polar surface area (TPSA) is 119 Å². The van der Waals surface area contributed by atoms with E-state index in [-0.39, 0.29) is 30.2 Å². The Labute approximate surface area is 223 Å². The fourth-order valence-electron chi connectivity index (χ4n) is 4.68. The molecule has 1 unspecified atom stereocenters. The molecule has 1 aliphatic heterocycles. The minimum Gasteiger partial charge on any atom is -0.507 e. The number of carboxylic acids is 1. The lowest BCUT2D eigenvalue weighted by Gasteiger charge is -2.28. The quantitative estimate of drug-likeness (QED) is 0.231. The van der Waals surface area contributed by atoms with E-state index in [1.807, 2.05) is 19.1 Å². The maximum atomic E-state index is 12.5. The van der Waals surface area contributed by atoms with E-state index in [0.29, 0.717) is 67.3 Å². The standard InChI is InChI=1S/C30H38O8/c1-4-7-22-25(15-11-21(19(3)31)29(22)35)36-17-6-18-37-26-13-9-20-10-14-27(24(32)12-16-28(33)34)38-30(20)23(26)8-5-2/h9,11,13,15,27,35H,4-8,10,12,14,16-18H2,1-3H3,(H,33,34). The van der Waals surface area contributed by atoms with Gasteiger partial charge in [0.2, 0.25) is 0 Å². The molecule has 1 heterocycles. The Kier molecular flexibility index (Phi) is 10.6. The van der Waals surface area contributed by atoms with Crippen molar-refractivity contribution in [3.8, 4) is 23.0 Å². The summed E-state index contributed by atoms with van der Waals surface area (Å²) in [6.07, 6.45) is 3.98. The maximum Gasteiger partial charge on any atom is 0.303 e. The predicted octanol–water partition coefficient (Wildman–Crippen LogP) is 5.48. The average Bonchev–Trinajstić information content (AvgIpc) is 2.89. The Hall–Kier alpha value is -3.55. The predicted molar refractivity (Wildman–Crippen MR) is 143 cm³/mol. The molecule has 3 rings (SSSR count). The number of hydrogen-bond acceptors (Lipinski definition) is 7. The number of benzene rings is 2. The van der Waals surface area contributed by atoms with Gasteiger partial charge >= 0.3 is 5.97 Å². The number of ether oxygens (including phenoxy) is 3. The summed E-state index contributed by atoms with van der Waals surface area (Å²) in [6.45, 7) is 6.27. The molecule has 2 N–H and O–H groups in total. The van der Waals surface area contributed by atoms with Crippen LogP contribution in [0.1, 0.15) is 86.3 Å². The number of aryl methyl sites for hydroxylation is 1. The lowest BCUT2D eigenvalue weighted by Crippen LogP contribution is -2.32. The van der Waals surface area contributed by atoms with Crippen molar-refractivity contribution in [2.24, 2.45) is 0 Å². The third kappa shape index (κ3) is 7.27. The summed E-state index contributed by atoms with van der Waals surface area (Å²) < 4.78 is 18.2. The fraction of sp³-hybridized carbons (Fsp3) is 0.500. The zero-order valence-corrected chi connectivity index (χ0v) is 22.5. The summed E-state index contributed by atoms with van der Waals surface area (Å²) in [5, 5.41) is 19.4. The molecule has 0 amide bonds. The number of carbonyl (C=O) groups excluding carboxylic acids is 2. The summed E-state index contributed by atoms with van der Waals surface area (Å²) in [5.41, 5.74) is 2.90. The Balaban J connectivity index is 1.63. The first kappa shape index (κ1) is 29.0. The van der Waals surface area contributed by atoms with Gasteiger partial charge in [0.1, 0.15) is 23.0 Å². The highest BCUT2D eigenvalue weighted by Gasteiger charge is 2.29. The van der Waals surface area contributed by atoms with Crippen LogP contribution in [0.5, 0.6) is 23.0 Å². The van der Waals surface area contributed by atoms with E-state index < -0.39 is 12.1 Å². The van der Waals surface area contributed by atoms with Crippen LogP contribution in [0.4, 0.5) is 0 Å². The minimum absolute atomic E-state index is 0.00823. The smallest absolute Gasteiger partial charge is 0.303 e. The average molecular weight is 527 g/mol. The van der Waals surface area contributed by atoms with Crippen LogP contribution in [0, 0.1) is 0 Å². The molecular weight excluding hydrogens is 488 g/mol. The molecular formula is C30H38O8. The van der Waals surface area contributed by atoms with Crippen LogP contribution in [0.25, 0.3) is 0 Å². The molecule has 2 aromatic carbocycles. The van der Waals surface area contributed by atoms with Crippen molar-refractivity contribution in [1.29, 1.82) is 0 Å². The van der Waals surface area contributed by atoms with Gasteiger partial charge in [0.05, 0.1) is 25.2 Å². The number of aromatic hydroxyl groups is 1.